The predicted molar refractivity (Wildman–Crippen MR) is 165 cm³/mol. The summed E-state index contributed by atoms with van der Waals surface area (Å²) in [5.74, 6) is -0.0726. The summed E-state index contributed by atoms with van der Waals surface area (Å²) >= 11 is 8.67. The molecule has 7 N–H and O–H groups in total. The van der Waals surface area contributed by atoms with Gasteiger partial charge in [-0.1, -0.05) is 0 Å². The van der Waals surface area contributed by atoms with Gasteiger partial charge >= 0.3 is 269 Å². The van der Waals surface area contributed by atoms with E-state index in [0.29, 0.717) is 0 Å². The Morgan fingerprint density at radius 3 is 2.50 bits per heavy atom. The fourth-order valence-electron chi connectivity index (χ4n) is 5.46. The second-order valence-corrected chi connectivity index (χ2v) is 16.9. The molecular weight excluding hydrogens is 694 g/mol. The number of nitrogens with zero attached hydrogens (tertiary/aromatic N) is 7. The van der Waals surface area contributed by atoms with Crippen LogP contribution in [0.15, 0.2) is 23.8 Å². The summed E-state index contributed by atoms with van der Waals surface area (Å²) in [5.41, 5.74) is 11.6. The van der Waals surface area contributed by atoms with Crippen LogP contribution in [-0.4, -0.2) is 106 Å². The third-order valence-corrected chi connectivity index (χ3v) is 12.1. The molecule has 0 saturated carbocycles. The van der Waals surface area contributed by atoms with Gasteiger partial charge in [0, 0.05) is 0 Å². The number of nitrogen functional groups attached to an aromatic ring is 2. The van der Waals surface area contributed by atoms with E-state index in [1.165, 1.54) is 35.2 Å². The second-order valence-electron chi connectivity index (χ2n) is 10.4. The molecule has 7 heterocycles. The fraction of sp³-hybridized carbons (Fsp3) is 0.524. The van der Waals surface area contributed by atoms with Crippen molar-refractivity contribution in [2.75, 3.05) is 31.8 Å². The number of fused-ring (bicyclic) bond motifs is 5. The molecule has 4 aromatic heterocycles. The normalized spacial score (nSPS) is 35.8. The molecule has 9 atom stereocenters. The third-order valence-electron chi connectivity index (χ3n) is 7.64. The van der Waals surface area contributed by atoms with E-state index in [0.717, 1.165) is 0 Å². The number of anilines is 2. The first-order valence-corrected chi connectivity index (χ1v) is 19.2. The van der Waals surface area contributed by atoms with E-state index in [1.54, 1.807) is 0 Å². The van der Waals surface area contributed by atoms with E-state index < -0.39 is 75.2 Å². The Morgan fingerprint density at radius 2 is 1.74 bits per heavy atom. The maximum absolute atomic E-state index is 13.5. The van der Waals surface area contributed by atoms with Crippen molar-refractivity contribution in [3.8, 4) is 0 Å². The number of H-pyrrole nitrogens is 1. The van der Waals surface area contributed by atoms with Crippen LogP contribution in [0, 0.1) is 0 Å². The maximum atomic E-state index is 13.5. The Morgan fingerprint density at radius 1 is 1.02 bits per heavy atom. The van der Waals surface area contributed by atoms with Crippen LogP contribution < -0.4 is 17.0 Å². The molecule has 0 aromatic carbocycles. The molecule has 3 fully saturated rings. The standard InChI is InChI=1S/C21H28N10O11P2S2/c1-36-44(46)38-3-8-13(12(33)19(40-8)30-5-26-9-15(22)24-4-25-16(9)30)41-43(35,45)37-2-7-11(32)14(42-44)20(39-7)31-6-27-10-17(31)28-21(23)29-18(10)34/h4-8,11-14,19-20,32-33,44,46H,2-3H2,1H3,(H,35,45)(H2,22,24,25)(H3,23,28,29,34). The number of hydrogen-bond donors (Lipinski definition) is 7. The zero-order chi connectivity index (χ0) is 32.5. The van der Waals surface area contributed by atoms with Crippen molar-refractivity contribution in [1.29, 1.82) is 0 Å². The summed E-state index contributed by atoms with van der Waals surface area (Å²) in [6.45, 7) is -5.18. The Kier molecular flexibility index (Phi) is 8.28. The molecular formula is C21H28N10O11P2S2. The number of aromatic nitrogens is 8. The van der Waals surface area contributed by atoms with Crippen molar-refractivity contribution in [3.63, 3.8) is 0 Å². The molecule has 7 rings (SSSR count). The Balaban J connectivity index is 1.22. The summed E-state index contributed by atoms with van der Waals surface area (Å²) in [6.07, 6.45) is -6.40. The molecule has 9 unspecified atom stereocenters. The molecule has 3 saturated heterocycles. The van der Waals surface area contributed by atoms with Crippen LogP contribution in [0.25, 0.3) is 22.3 Å². The van der Waals surface area contributed by atoms with Gasteiger partial charge in [0.25, 0.3) is 0 Å². The molecule has 2 bridgehead atoms. The number of ether oxygens (including phenoxy) is 2. The molecule has 25 heteroatoms. The summed E-state index contributed by atoms with van der Waals surface area (Å²) in [5, 5.41) is 22.7. The topological polar surface area (TPSA) is 281 Å². The Labute approximate surface area is 268 Å². The number of aromatic amines is 1. The number of imidazole rings is 2. The average molecular weight is 723 g/mol. The number of nitrogens with two attached hydrogens (primary N) is 2. The van der Waals surface area contributed by atoms with Crippen molar-refractivity contribution in [3.05, 3.63) is 29.3 Å². The number of aliphatic hydroxyl groups excluding tert-OH is 2. The van der Waals surface area contributed by atoms with Gasteiger partial charge in [0.15, 0.2) is 0 Å². The molecule has 4 aromatic rings. The van der Waals surface area contributed by atoms with Crippen LogP contribution in [0.3, 0.4) is 0 Å². The second kappa shape index (κ2) is 11.9. The van der Waals surface area contributed by atoms with E-state index in [9.17, 15) is 19.6 Å². The van der Waals surface area contributed by atoms with E-state index >= 15 is 0 Å². The first-order chi connectivity index (χ1) is 21.9. The van der Waals surface area contributed by atoms with Crippen molar-refractivity contribution >= 4 is 72.5 Å². The third kappa shape index (κ3) is 5.57. The van der Waals surface area contributed by atoms with Gasteiger partial charge < -0.3 is 0 Å². The summed E-state index contributed by atoms with van der Waals surface area (Å²) < 4.78 is 57.4. The van der Waals surface area contributed by atoms with Gasteiger partial charge in [0.05, 0.1) is 0 Å². The van der Waals surface area contributed by atoms with Gasteiger partial charge in [-0.15, -0.1) is 0 Å². The SMILES string of the molecule is CO[PH]1(S)OCC2OC(n3cnc4c(N)ncnc43)C(O)C2OP(=O)(S)OCC2OC(n3cnc4c(=O)[nH]c(N)nc43)C(O1)C2O. The summed E-state index contributed by atoms with van der Waals surface area (Å²) in [6, 6.07) is 0. The molecule has 0 spiro atoms. The van der Waals surface area contributed by atoms with Gasteiger partial charge in [-0.05, 0) is 0 Å². The van der Waals surface area contributed by atoms with Gasteiger partial charge in [-0.2, -0.15) is 0 Å². The molecule has 0 radical (unpaired) electrons. The first-order valence-electron chi connectivity index (χ1n) is 13.5. The zero-order valence-electron chi connectivity index (χ0n) is 23.5. The molecule has 3 aliphatic rings. The van der Waals surface area contributed by atoms with Gasteiger partial charge in [-0.25, -0.2) is 0 Å². The molecule has 0 aliphatic carbocycles. The number of thiol groups is 2. The number of hydrogen-bond acceptors (Lipinski definition) is 19. The van der Waals surface area contributed by atoms with E-state index in [4.69, 9.17) is 43.6 Å². The van der Waals surface area contributed by atoms with Crippen molar-refractivity contribution in [1.82, 2.24) is 39.0 Å². The minimum absolute atomic E-state index is 0.0315. The van der Waals surface area contributed by atoms with Gasteiger partial charge in [-0.3, -0.25) is 0 Å². The van der Waals surface area contributed by atoms with Crippen LogP contribution in [0.4, 0.5) is 11.8 Å². The molecule has 0 amide bonds. The summed E-state index contributed by atoms with van der Waals surface area (Å²) in [4.78, 5) is 35.3. The van der Waals surface area contributed by atoms with Crippen molar-refractivity contribution in [2.45, 2.75) is 49.1 Å². The molecule has 250 valence electrons. The fourth-order valence-corrected chi connectivity index (χ4v) is 8.79. The quantitative estimate of drug-likeness (QED) is 0.103. The van der Waals surface area contributed by atoms with E-state index in [2.05, 4.69) is 54.4 Å². The Bertz CT molecular complexity index is 1900. The van der Waals surface area contributed by atoms with Crippen LogP contribution in [0.5, 0.6) is 0 Å². The number of aliphatic hydroxyl groups is 2. The monoisotopic (exact) mass is 722 g/mol. The van der Waals surface area contributed by atoms with Gasteiger partial charge in [0.1, 0.15) is 0 Å². The summed E-state index contributed by atoms with van der Waals surface area (Å²) in [7, 11) is -2.71. The van der Waals surface area contributed by atoms with Crippen LogP contribution in [0.1, 0.15) is 12.5 Å². The average Bonchev–Trinajstić information content (AvgIpc) is 3.77. The minimum atomic E-state index is -4.28. The molecule has 21 nitrogen and oxygen atoms in total. The molecule has 3 aliphatic heterocycles. The zero-order valence-corrected chi connectivity index (χ0v) is 27.1. The van der Waals surface area contributed by atoms with Crippen molar-refractivity contribution < 1.29 is 46.9 Å². The van der Waals surface area contributed by atoms with Crippen LogP contribution in [-0.2, 0) is 36.7 Å². The van der Waals surface area contributed by atoms with Crippen molar-refractivity contribution in [2.24, 2.45) is 0 Å². The number of nitrogens with one attached hydrogen (secondary N) is 1. The predicted octanol–water partition coefficient (Wildman–Crippen LogP) is -0.518. The molecule has 46 heavy (non-hydrogen) atoms. The van der Waals surface area contributed by atoms with Crippen LogP contribution in [0.2, 0.25) is 0 Å². The number of rotatable bonds is 3. The van der Waals surface area contributed by atoms with E-state index in [-0.39, 0.29) is 40.7 Å². The Hall–Kier alpha value is -2.50. The van der Waals surface area contributed by atoms with Crippen LogP contribution >= 0.6 is 38.4 Å². The first kappa shape index (κ1) is 32.1. The van der Waals surface area contributed by atoms with E-state index in [1.807, 2.05) is 0 Å². The van der Waals surface area contributed by atoms with Gasteiger partial charge in [0.2, 0.25) is 0 Å².